The number of para-hydroxylation sites is 1. The van der Waals surface area contributed by atoms with Gasteiger partial charge in [0.15, 0.2) is 0 Å². The van der Waals surface area contributed by atoms with Crippen molar-refractivity contribution in [1.29, 1.82) is 0 Å². The van der Waals surface area contributed by atoms with Gasteiger partial charge in [-0.15, -0.1) is 5.10 Å². The first-order valence-corrected chi connectivity index (χ1v) is 6.65. The molecule has 0 spiro atoms. The number of benzene rings is 1. The molecule has 0 unspecified atom stereocenters. The molecule has 1 aromatic carbocycles. The van der Waals surface area contributed by atoms with Gasteiger partial charge in [-0.2, -0.15) is 0 Å². The van der Waals surface area contributed by atoms with Gasteiger partial charge in [0.1, 0.15) is 0 Å². The van der Waals surface area contributed by atoms with E-state index >= 15 is 0 Å². The molecule has 5 heteroatoms. The Morgan fingerprint density at radius 3 is 2.79 bits per heavy atom. The maximum Gasteiger partial charge on any atom is 0.0964 e. The van der Waals surface area contributed by atoms with Gasteiger partial charge in [0.05, 0.1) is 12.2 Å². The number of nitrogens with one attached hydrogen (secondary N) is 1. The van der Waals surface area contributed by atoms with Gasteiger partial charge in [-0.3, -0.25) is 4.68 Å². The van der Waals surface area contributed by atoms with Crippen molar-refractivity contribution in [3.05, 3.63) is 42.2 Å². The summed E-state index contributed by atoms with van der Waals surface area (Å²) < 4.78 is 1.89. The van der Waals surface area contributed by atoms with Crippen LogP contribution in [0, 0.1) is 0 Å². The predicted octanol–water partition coefficient (Wildman–Crippen LogP) is 1.52. The average Bonchev–Trinajstić information content (AvgIpc) is 2.91. The van der Waals surface area contributed by atoms with Crippen molar-refractivity contribution in [3.8, 4) is 0 Å². The van der Waals surface area contributed by atoms with Crippen LogP contribution in [-0.4, -0.2) is 35.1 Å². The van der Waals surface area contributed by atoms with E-state index in [1.165, 1.54) is 5.69 Å². The molecule has 0 atom stereocenters. The minimum atomic E-state index is 0.783. The molecule has 2 rings (SSSR count). The summed E-state index contributed by atoms with van der Waals surface area (Å²) >= 11 is 0. The number of aromatic nitrogens is 3. The Morgan fingerprint density at radius 1 is 1.26 bits per heavy atom. The maximum absolute atomic E-state index is 4.14. The van der Waals surface area contributed by atoms with Gasteiger partial charge in [0, 0.05) is 32.0 Å². The van der Waals surface area contributed by atoms with Gasteiger partial charge in [0.2, 0.25) is 0 Å². The van der Waals surface area contributed by atoms with Crippen molar-refractivity contribution in [2.75, 3.05) is 25.0 Å². The summed E-state index contributed by atoms with van der Waals surface area (Å²) in [5.74, 6) is 0. The van der Waals surface area contributed by atoms with E-state index in [1.807, 2.05) is 16.9 Å². The summed E-state index contributed by atoms with van der Waals surface area (Å²) in [6, 6.07) is 10.4. The molecule has 2 aromatic rings. The van der Waals surface area contributed by atoms with E-state index < -0.39 is 0 Å². The summed E-state index contributed by atoms with van der Waals surface area (Å²) in [7, 11) is 2.09. The highest BCUT2D eigenvalue weighted by Crippen LogP contribution is 2.10. The molecular weight excluding hydrogens is 238 g/mol. The number of hydrogen-bond acceptors (Lipinski definition) is 4. The van der Waals surface area contributed by atoms with Gasteiger partial charge < -0.3 is 10.2 Å². The Hall–Kier alpha value is -1.88. The van der Waals surface area contributed by atoms with Crippen molar-refractivity contribution in [2.24, 2.45) is 0 Å². The van der Waals surface area contributed by atoms with Crippen LogP contribution in [0.2, 0.25) is 0 Å². The second-order valence-corrected chi connectivity index (χ2v) is 4.51. The standard InChI is InChI=1S/C14H21N5/c1-3-15-11-13-12-19(17-16-13)10-9-18(2)14-7-5-4-6-8-14/h4-8,12,15H,3,9-11H2,1-2H3. The average molecular weight is 259 g/mol. The highest BCUT2D eigenvalue weighted by Gasteiger charge is 2.03. The fourth-order valence-electron chi connectivity index (χ4n) is 1.85. The Balaban J connectivity index is 1.83. The van der Waals surface area contributed by atoms with Crippen LogP contribution in [0.1, 0.15) is 12.6 Å². The third kappa shape index (κ3) is 4.06. The third-order valence-corrected chi connectivity index (χ3v) is 3.00. The zero-order chi connectivity index (χ0) is 13.5. The number of hydrogen-bond donors (Lipinski definition) is 1. The Labute approximate surface area is 114 Å². The highest BCUT2D eigenvalue weighted by molar-refractivity contribution is 5.44. The van der Waals surface area contributed by atoms with Crippen LogP contribution in [0.3, 0.4) is 0 Å². The summed E-state index contributed by atoms with van der Waals surface area (Å²) in [6.45, 7) is 5.56. The van der Waals surface area contributed by atoms with E-state index in [0.717, 1.165) is 31.9 Å². The van der Waals surface area contributed by atoms with Crippen molar-refractivity contribution in [2.45, 2.75) is 20.0 Å². The van der Waals surface area contributed by atoms with Gasteiger partial charge >= 0.3 is 0 Å². The Kier molecular flexibility index (Phi) is 4.92. The first-order valence-electron chi connectivity index (χ1n) is 6.65. The minimum Gasteiger partial charge on any atom is -0.373 e. The Morgan fingerprint density at radius 2 is 2.05 bits per heavy atom. The zero-order valence-corrected chi connectivity index (χ0v) is 11.6. The number of nitrogens with zero attached hydrogens (tertiary/aromatic N) is 4. The van der Waals surface area contributed by atoms with Gasteiger partial charge in [-0.1, -0.05) is 30.3 Å². The van der Waals surface area contributed by atoms with E-state index in [-0.39, 0.29) is 0 Å². The molecule has 0 fully saturated rings. The van der Waals surface area contributed by atoms with Crippen LogP contribution in [-0.2, 0) is 13.1 Å². The van der Waals surface area contributed by atoms with Crippen LogP contribution in [0.4, 0.5) is 5.69 Å². The van der Waals surface area contributed by atoms with Crippen molar-refractivity contribution < 1.29 is 0 Å². The van der Waals surface area contributed by atoms with Crippen LogP contribution >= 0.6 is 0 Å². The molecule has 0 saturated carbocycles. The summed E-state index contributed by atoms with van der Waals surface area (Å²) in [5, 5.41) is 11.5. The lowest BCUT2D eigenvalue weighted by molar-refractivity contribution is 0.587. The molecule has 0 aliphatic rings. The van der Waals surface area contributed by atoms with Crippen LogP contribution in [0.25, 0.3) is 0 Å². The van der Waals surface area contributed by atoms with Crippen molar-refractivity contribution in [3.63, 3.8) is 0 Å². The normalized spacial score (nSPS) is 10.6. The van der Waals surface area contributed by atoms with E-state index in [4.69, 9.17) is 0 Å². The second-order valence-electron chi connectivity index (χ2n) is 4.51. The largest absolute Gasteiger partial charge is 0.373 e. The predicted molar refractivity (Wildman–Crippen MR) is 77.1 cm³/mol. The monoisotopic (exact) mass is 259 g/mol. The SMILES string of the molecule is CCNCc1cn(CCN(C)c2ccccc2)nn1. The lowest BCUT2D eigenvalue weighted by Crippen LogP contribution is -2.22. The first-order chi connectivity index (χ1) is 9.29. The van der Waals surface area contributed by atoms with E-state index in [1.54, 1.807) is 0 Å². The third-order valence-electron chi connectivity index (χ3n) is 3.00. The number of anilines is 1. The first kappa shape index (κ1) is 13.5. The fourth-order valence-corrected chi connectivity index (χ4v) is 1.85. The summed E-state index contributed by atoms with van der Waals surface area (Å²) in [6.07, 6.45) is 2.00. The van der Waals surface area contributed by atoms with Crippen LogP contribution < -0.4 is 10.2 Å². The maximum atomic E-state index is 4.14. The topological polar surface area (TPSA) is 46.0 Å². The molecule has 102 valence electrons. The molecule has 0 aliphatic heterocycles. The molecule has 5 nitrogen and oxygen atoms in total. The fraction of sp³-hybridized carbons (Fsp3) is 0.429. The molecule has 1 aromatic heterocycles. The molecule has 0 amide bonds. The second kappa shape index (κ2) is 6.89. The summed E-state index contributed by atoms with van der Waals surface area (Å²) in [5.41, 5.74) is 2.21. The lowest BCUT2D eigenvalue weighted by Gasteiger charge is -2.18. The van der Waals surface area contributed by atoms with Gasteiger partial charge in [-0.25, -0.2) is 0 Å². The highest BCUT2D eigenvalue weighted by atomic mass is 15.4. The van der Waals surface area contributed by atoms with Crippen molar-refractivity contribution in [1.82, 2.24) is 20.3 Å². The van der Waals surface area contributed by atoms with Gasteiger partial charge in [-0.05, 0) is 18.7 Å². The van der Waals surface area contributed by atoms with Crippen LogP contribution in [0.5, 0.6) is 0 Å². The van der Waals surface area contributed by atoms with E-state index in [9.17, 15) is 0 Å². The molecule has 0 saturated heterocycles. The molecule has 0 bridgehead atoms. The molecule has 1 heterocycles. The summed E-state index contributed by atoms with van der Waals surface area (Å²) in [4.78, 5) is 2.21. The van der Waals surface area contributed by atoms with E-state index in [2.05, 4.69) is 58.8 Å². The smallest absolute Gasteiger partial charge is 0.0964 e. The van der Waals surface area contributed by atoms with Crippen LogP contribution in [0.15, 0.2) is 36.5 Å². The van der Waals surface area contributed by atoms with Crippen molar-refractivity contribution >= 4 is 5.69 Å². The molecule has 0 aliphatic carbocycles. The minimum absolute atomic E-state index is 0.783. The Bertz CT molecular complexity index is 480. The molecule has 1 N–H and O–H groups in total. The quantitative estimate of drug-likeness (QED) is 0.819. The lowest BCUT2D eigenvalue weighted by atomic mass is 10.3. The molecule has 0 radical (unpaired) electrons. The number of likely N-dealkylation sites (N-methyl/N-ethyl adjacent to an activating group) is 1. The molecular formula is C14H21N5. The van der Waals surface area contributed by atoms with Gasteiger partial charge in [0.25, 0.3) is 0 Å². The van der Waals surface area contributed by atoms with E-state index in [0.29, 0.717) is 0 Å². The molecule has 19 heavy (non-hydrogen) atoms. The number of rotatable bonds is 7. The zero-order valence-electron chi connectivity index (χ0n) is 11.6.